The first-order valence-electron chi connectivity index (χ1n) is 10.9. The smallest absolute Gasteiger partial charge is 0.254 e. The van der Waals surface area contributed by atoms with Gasteiger partial charge in [-0.15, -0.1) is 0 Å². The second-order valence-corrected chi connectivity index (χ2v) is 11.0. The molecule has 2 fully saturated rings. The monoisotopic (exact) mass is 476 g/mol. The highest BCUT2D eigenvalue weighted by atomic mass is 32.2. The number of nitrogens with zero attached hydrogens (tertiary/aromatic N) is 1. The molecule has 1 N–H and O–H groups in total. The molecule has 0 bridgehead atoms. The Morgan fingerprint density at radius 3 is 2.52 bits per heavy atom. The van der Waals surface area contributed by atoms with Gasteiger partial charge in [0.1, 0.15) is 18.0 Å². The Kier molecular flexibility index (Phi) is 6.26. The molecule has 1 aliphatic carbocycles. The van der Waals surface area contributed by atoms with Crippen LogP contribution >= 0.6 is 0 Å². The maximum atomic E-state index is 14.3. The quantitative estimate of drug-likeness (QED) is 0.693. The van der Waals surface area contributed by atoms with Crippen LogP contribution in [-0.2, 0) is 14.6 Å². The van der Waals surface area contributed by atoms with E-state index < -0.39 is 39.9 Å². The van der Waals surface area contributed by atoms with E-state index in [1.807, 2.05) is 0 Å². The molecule has 2 aromatic rings. The molecule has 2 aliphatic rings. The van der Waals surface area contributed by atoms with E-state index in [9.17, 15) is 26.8 Å². The molecule has 1 aliphatic heterocycles. The number of nitrogens with one attached hydrogen (secondary N) is 1. The molecule has 0 aromatic heterocycles. The van der Waals surface area contributed by atoms with E-state index in [4.69, 9.17) is 0 Å². The SMILES string of the molecule is Cc1ccc([C@H](NC(=O)[C@H]2C[C@H](F)CN2C(=O)c2cccc(S(C)(=O)=O)c2)C2CC2)cc1F. The van der Waals surface area contributed by atoms with E-state index in [0.29, 0.717) is 11.1 Å². The first-order valence-corrected chi connectivity index (χ1v) is 12.8. The third kappa shape index (κ3) is 5.08. The van der Waals surface area contributed by atoms with Gasteiger partial charge in [-0.3, -0.25) is 9.59 Å². The van der Waals surface area contributed by atoms with Gasteiger partial charge in [0.15, 0.2) is 9.84 Å². The van der Waals surface area contributed by atoms with Crippen molar-refractivity contribution in [1.29, 1.82) is 0 Å². The van der Waals surface area contributed by atoms with Crippen molar-refractivity contribution in [2.24, 2.45) is 5.92 Å². The fraction of sp³-hybridized carbons (Fsp3) is 0.417. The molecular formula is C24H26F2N2O4S. The zero-order chi connectivity index (χ0) is 23.9. The van der Waals surface area contributed by atoms with Gasteiger partial charge in [-0.1, -0.05) is 18.2 Å². The number of carbonyl (C=O) groups is 2. The van der Waals surface area contributed by atoms with Crippen LogP contribution in [0.5, 0.6) is 0 Å². The number of aryl methyl sites for hydroxylation is 1. The molecule has 3 atom stereocenters. The van der Waals surface area contributed by atoms with Crippen LogP contribution in [0.1, 0.15) is 46.8 Å². The van der Waals surface area contributed by atoms with Gasteiger partial charge < -0.3 is 10.2 Å². The van der Waals surface area contributed by atoms with Gasteiger partial charge in [-0.25, -0.2) is 17.2 Å². The van der Waals surface area contributed by atoms with Crippen molar-refractivity contribution in [2.45, 2.75) is 49.3 Å². The predicted octanol–water partition coefficient (Wildman–Crippen LogP) is 3.36. The Bertz CT molecular complexity index is 1200. The summed E-state index contributed by atoms with van der Waals surface area (Å²) in [6, 6.07) is 8.88. The number of halogens is 2. The van der Waals surface area contributed by atoms with Crippen molar-refractivity contribution in [3.8, 4) is 0 Å². The molecule has 2 aromatic carbocycles. The van der Waals surface area contributed by atoms with Crippen LogP contribution in [-0.4, -0.2) is 50.1 Å². The van der Waals surface area contributed by atoms with E-state index in [0.717, 1.165) is 24.0 Å². The van der Waals surface area contributed by atoms with Crippen molar-refractivity contribution in [2.75, 3.05) is 12.8 Å². The number of likely N-dealkylation sites (tertiary alicyclic amines) is 1. The molecule has 0 radical (unpaired) electrons. The van der Waals surface area contributed by atoms with E-state index in [2.05, 4.69) is 5.32 Å². The number of alkyl halides is 1. The summed E-state index contributed by atoms with van der Waals surface area (Å²) < 4.78 is 52.2. The Morgan fingerprint density at radius 1 is 1.15 bits per heavy atom. The van der Waals surface area contributed by atoms with Crippen LogP contribution in [0.15, 0.2) is 47.4 Å². The molecule has 176 valence electrons. The third-order valence-corrected chi connectivity index (χ3v) is 7.38. The highest BCUT2D eigenvalue weighted by molar-refractivity contribution is 7.90. The number of hydrogen-bond donors (Lipinski definition) is 1. The predicted molar refractivity (Wildman–Crippen MR) is 119 cm³/mol. The lowest BCUT2D eigenvalue weighted by atomic mass is 10.00. The summed E-state index contributed by atoms with van der Waals surface area (Å²) >= 11 is 0. The maximum Gasteiger partial charge on any atom is 0.254 e. The summed E-state index contributed by atoms with van der Waals surface area (Å²) in [5.74, 6) is -1.31. The third-order valence-electron chi connectivity index (χ3n) is 6.27. The molecule has 4 rings (SSSR count). The lowest BCUT2D eigenvalue weighted by Gasteiger charge is -2.27. The zero-order valence-corrected chi connectivity index (χ0v) is 19.2. The van der Waals surface area contributed by atoms with Crippen LogP contribution in [0.25, 0.3) is 0 Å². The van der Waals surface area contributed by atoms with Gasteiger partial charge >= 0.3 is 0 Å². The molecule has 2 amide bonds. The van der Waals surface area contributed by atoms with Gasteiger partial charge in [-0.05, 0) is 61.1 Å². The minimum atomic E-state index is -3.53. The van der Waals surface area contributed by atoms with Crippen molar-refractivity contribution in [1.82, 2.24) is 10.2 Å². The number of benzene rings is 2. The molecule has 0 unspecified atom stereocenters. The first kappa shape index (κ1) is 23.4. The molecule has 9 heteroatoms. The lowest BCUT2D eigenvalue weighted by Crippen LogP contribution is -2.47. The molecule has 33 heavy (non-hydrogen) atoms. The molecule has 1 saturated heterocycles. The van der Waals surface area contributed by atoms with Gasteiger partial charge in [0.25, 0.3) is 5.91 Å². The van der Waals surface area contributed by atoms with Crippen LogP contribution in [0.4, 0.5) is 8.78 Å². The normalized spacial score (nSPS) is 21.6. The Balaban J connectivity index is 1.56. The number of carbonyl (C=O) groups excluding carboxylic acids is 2. The van der Waals surface area contributed by atoms with Crippen LogP contribution < -0.4 is 5.32 Å². The summed E-state index contributed by atoms with van der Waals surface area (Å²) in [6.07, 6.45) is 1.28. The van der Waals surface area contributed by atoms with Gasteiger partial charge in [0, 0.05) is 18.2 Å². The largest absolute Gasteiger partial charge is 0.347 e. The second kappa shape index (κ2) is 8.85. The molecule has 1 heterocycles. The van der Waals surface area contributed by atoms with Crippen LogP contribution in [0.2, 0.25) is 0 Å². The molecular weight excluding hydrogens is 450 g/mol. The highest BCUT2D eigenvalue weighted by Crippen LogP contribution is 2.41. The molecule has 0 spiro atoms. The summed E-state index contributed by atoms with van der Waals surface area (Å²) in [6.45, 7) is 1.40. The van der Waals surface area contributed by atoms with E-state index in [1.165, 1.54) is 30.3 Å². The topological polar surface area (TPSA) is 83.6 Å². The average molecular weight is 477 g/mol. The standard InChI is InChI=1S/C24H26F2N2O4S/c1-14-6-7-16(11-20(14)26)22(15-8-9-15)27-23(29)21-12-18(25)13-28(21)24(30)17-4-3-5-19(10-17)33(2,31)32/h3-7,10-11,15,18,21-22H,8-9,12-13H2,1-2H3,(H,27,29)/t18-,21+,22+/m0/s1. The number of sulfone groups is 1. The number of rotatable bonds is 6. The van der Waals surface area contributed by atoms with Crippen molar-refractivity contribution < 1.29 is 26.8 Å². The fourth-order valence-corrected chi connectivity index (χ4v) is 4.91. The number of amides is 2. The summed E-state index contributed by atoms with van der Waals surface area (Å²) in [7, 11) is -3.53. The number of hydrogen-bond acceptors (Lipinski definition) is 4. The zero-order valence-electron chi connectivity index (χ0n) is 18.4. The van der Waals surface area contributed by atoms with Gasteiger partial charge in [0.2, 0.25) is 5.91 Å². The Hall–Kier alpha value is -2.81. The summed E-state index contributed by atoms with van der Waals surface area (Å²) in [5.41, 5.74) is 1.22. The highest BCUT2D eigenvalue weighted by Gasteiger charge is 2.42. The Labute approximate surface area is 191 Å². The van der Waals surface area contributed by atoms with Gasteiger partial charge in [-0.2, -0.15) is 0 Å². The molecule has 1 saturated carbocycles. The van der Waals surface area contributed by atoms with E-state index >= 15 is 0 Å². The van der Waals surface area contributed by atoms with Crippen LogP contribution in [0.3, 0.4) is 0 Å². The minimum absolute atomic E-state index is 0.0273. The summed E-state index contributed by atoms with van der Waals surface area (Å²) in [4.78, 5) is 27.4. The van der Waals surface area contributed by atoms with Crippen molar-refractivity contribution in [3.63, 3.8) is 0 Å². The summed E-state index contributed by atoms with van der Waals surface area (Å²) in [5, 5.41) is 2.91. The van der Waals surface area contributed by atoms with E-state index in [1.54, 1.807) is 19.1 Å². The maximum absolute atomic E-state index is 14.3. The average Bonchev–Trinajstić information content (AvgIpc) is 3.53. The molecule has 6 nitrogen and oxygen atoms in total. The minimum Gasteiger partial charge on any atom is -0.347 e. The second-order valence-electron chi connectivity index (χ2n) is 8.94. The van der Waals surface area contributed by atoms with Gasteiger partial charge in [0.05, 0.1) is 17.5 Å². The Morgan fingerprint density at radius 2 is 1.88 bits per heavy atom. The van der Waals surface area contributed by atoms with Crippen LogP contribution in [0, 0.1) is 18.7 Å². The van der Waals surface area contributed by atoms with Crippen molar-refractivity contribution >= 4 is 21.7 Å². The lowest BCUT2D eigenvalue weighted by molar-refractivity contribution is -0.125. The first-order chi connectivity index (χ1) is 15.5. The van der Waals surface area contributed by atoms with E-state index in [-0.39, 0.29) is 35.2 Å². The fourth-order valence-electron chi connectivity index (χ4n) is 4.24. The van der Waals surface area contributed by atoms with Crippen molar-refractivity contribution in [3.05, 3.63) is 65.0 Å².